The summed E-state index contributed by atoms with van der Waals surface area (Å²) in [5, 5.41) is 22.0. The van der Waals surface area contributed by atoms with Crippen LogP contribution in [0, 0.1) is 0 Å². The first-order valence-corrected chi connectivity index (χ1v) is 15.9. The van der Waals surface area contributed by atoms with Gasteiger partial charge in [-0.25, -0.2) is 0 Å². The molecule has 0 aromatic heterocycles. The molecule has 0 heterocycles. The maximum atomic E-state index is 8.65. The smallest absolute Gasteiger partial charge is 0.150 e. The highest BCUT2D eigenvalue weighted by Gasteiger charge is 2.19. The van der Waals surface area contributed by atoms with E-state index < -0.39 is 16.3 Å². The molecule has 208 valence electrons. The molecule has 0 amide bonds. The lowest BCUT2D eigenvalue weighted by Crippen LogP contribution is -2.16. The lowest BCUT2D eigenvalue weighted by Gasteiger charge is -2.22. The fourth-order valence-corrected chi connectivity index (χ4v) is 7.49. The molecule has 0 aliphatic carbocycles. The molecule has 0 fully saturated rings. The topological polar surface area (TPSA) is 58.9 Å². The van der Waals surface area contributed by atoms with E-state index in [9.17, 15) is 0 Å². The second kappa shape index (κ2) is 14.8. The molecule has 0 atom stereocenters. The number of phenols is 2. The summed E-state index contributed by atoms with van der Waals surface area (Å²) in [5.41, 5.74) is 0. The van der Waals surface area contributed by atoms with Crippen molar-refractivity contribution >= 4 is 37.5 Å². The van der Waals surface area contributed by atoms with Gasteiger partial charge in [0.2, 0.25) is 0 Å². The van der Waals surface area contributed by atoms with Gasteiger partial charge in [-0.3, -0.25) is 0 Å². The highest BCUT2D eigenvalue weighted by molar-refractivity contribution is 7.69. The first-order chi connectivity index (χ1) is 20.7. The Kier molecular flexibility index (Phi) is 10.2. The van der Waals surface area contributed by atoms with Crippen LogP contribution in [-0.2, 0) is 0 Å². The molecular formula is C36H30O4P2. The van der Waals surface area contributed by atoms with Crippen molar-refractivity contribution in [2.75, 3.05) is 0 Å². The van der Waals surface area contributed by atoms with Crippen LogP contribution in [0.3, 0.4) is 0 Å². The van der Waals surface area contributed by atoms with E-state index >= 15 is 0 Å². The quantitative estimate of drug-likeness (QED) is 0.180. The van der Waals surface area contributed by atoms with Crippen molar-refractivity contribution in [1.29, 1.82) is 0 Å². The van der Waals surface area contributed by atoms with Crippen molar-refractivity contribution < 1.29 is 19.3 Å². The fourth-order valence-electron chi connectivity index (χ4n) is 4.05. The highest BCUT2D eigenvalue weighted by Crippen LogP contribution is 2.41. The van der Waals surface area contributed by atoms with E-state index in [4.69, 9.17) is 19.3 Å². The summed E-state index contributed by atoms with van der Waals surface area (Å²) in [5.74, 6) is 1.77. The molecule has 2 N–H and O–H groups in total. The Labute approximate surface area is 249 Å². The van der Waals surface area contributed by atoms with Crippen molar-refractivity contribution in [1.82, 2.24) is 0 Å². The van der Waals surface area contributed by atoms with Crippen molar-refractivity contribution in [2.24, 2.45) is 0 Å². The first kappa shape index (κ1) is 28.9. The maximum absolute atomic E-state index is 8.65. The summed E-state index contributed by atoms with van der Waals surface area (Å²) in [6.07, 6.45) is 0. The van der Waals surface area contributed by atoms with E-state index in [2.05, 4.69) is 97.1 Å². The van der Waals surface area contributed by atoms with Crippen LogP contribution in [0.5, 0.6) is 23.0 Å². The molecule has 6 aromatic rings. The van der Waals surface area contributed by atoms with Gasteiger partial charge in [0.05, 0.1) is 0 Å². The second-order valence-electron chi connectivity index (χ2n) is 9.11. The zero-order valence-corrected chi connectivity index (χ0v) is 24.6. The largest absolute Gasteiger partial charge is 0.508 e. The molecule has 0 aliphatic heterocycles. The van der Waals surface area contributed by atoms with Crippen LogP contribution >= 0.6 is 16.3 Å². The van der Waals surface area contributed by atoms with Crippen LogP contribution in [0.15, 0.2) is 170 Å². The van der Waals surface area contributed by atoms with Crippen LogP contribution in [0.4, 0.5) is 0 Å². The monoisotopic (exact) mass is 588 g/mol. The maximum Gasteiger partial charge on any atom is 0.150 e. The molecule has 0 aliphatic rings. The zero-order valence-electron chi connectivity index (χ0n) is 22.8. The lowest BCUT2D eigenvalue weighted by molar-refractivity contribution is 0.450. The molecule has 6 rings (SSSR count). The predicted octanol–water partition coefficient (Wildman–Crippen LogP) is 7.64. The van der Waals surface area contributed by atoms with E-state index in [-0.39, 0.29) is 11.5 Å². The Morgan fingerprint density at radius 1 is 0.333 bits per heavy atom. The standard InChI is InChI=1S/C30H24O2P2.C6H6O2/c1-5-16-27(17-6-1)33(28-18-7-2-8-19-28)31-25-14-13-15-26(24-25)32-34(29-20-9-3-10-21-29)30-22-11-4-12-23-30;7-5-2-1-3-6(8)4-5/h1-24H;1-4,7-8H. The molecular weight excluding hydrogens is 558 g/mol. The average molecular weight is 589 g/mol. The third kappa shape index (κ3) is 8.21. The van der Waals surface area contributed by atoms with E-state index in [1.165, 1.54) is 39.4 Å². The van der Waals surface area contributed by atoms with Crippen LogP contribution in [0.25, 0.3) is 0 Å². The second-order valence-corrected chi connectivity index (χ2v) is 12.7. The zero-order chi connectivity index (χ0) is 29.0. The molecule has 0 saturated carbocycles. The Morgan fingerprint density at radius 2 is 0.643 bits per heavy atom. The van der Waals surface area contributed by atoms with Crippen molar-refractivity contribution in [3.05, 3.63) is 170 Å². The van der Waals surface area contributed by atoms with Gasteiger partial charge in [-0.1, -0.05) is 133 Å². The van der Waals surface area contributed by atoms with Gasteiger partial charge in [0.25, 0.3) is 0 Å². The van der Waals surface area contributed by atoms with Crippen LogP contribution < -0.4 is 30.3 Å². The van der Waals surface area contributed by atoms with Gasteiger partial charge in [0.1, 0.15) is 23.0 Å². The lowest BCUT2D eigenvalue weighted by atomic mass is 10.3. The van der Waals surface area contributed by atoms with E-state index in [0.29, 0.717) is 0 Å². The van der Waals surface area contributed by atoms with E-state index in [1.54, 1.807) is 6.07 Å². The summed E-state index contributed by atoms with van der Waals surface area (Å²) in [6.45, 7) is 0. The van der Waals surface area contributed by atoms with Gasteiger partial charge in [-0.05, 0) is 24.3 Å². The number of benzene rings is 6. The minimum Gasteiger partial charge on any atom is -0.508 e. The normalized spacial score (nSPS) is 10.5. The molecule has 42 heavy (non-hydrogen) atoms. The summed E-state index contributed by atoms with van der Waals surface area (Å²) in [4.78, 5) is 0. The minimum atomic E-state index is -0.998. The SMILES string of the molecule is Oc1cccc(O)c1.c1ccc(P(Oc2cccc(OP(c3ccccc3)c3ccccc3)c2)c2ccccc2)cc1. The average Bonchev–Trinajstić information content (AvgIpc) is 3.04. The highest BCUT2D eigenvalue weighted by atomic mass is 31.1. The Morgan fingerprint density at radius 3 is 0.929 bits per heavy atom. The van der Waals surface area contributed by atoms with E-state index in [1.807, 2.05) is 48.5 Å². The third-order valence-corrected chi connectivity index (χ3v) is 9.85. The summed E-state index contributed by atoms with van der Waals surface area (Å²) in [6, 6.07) is 55.5. The minimum absolute atomic E-state index is 0.0880. The number of aromatic hydroxyl groups is 2. The van der Waals surface area contributed by atoms with Crippen LogP contribution in [0.1, 0.15) is 0 Å². The number of hydrogen-bond donors (Lipinski definition) is 2. The first-order valence-electron chi connectivity index (χ1n) is 13.4. The fraction of sp³-hybridized carbons (Fsp3) is 0. The third-order valence-electron chi connectivity index (χ3n) is 5.99. The van der Waals surface area contributed by atoms with E-state index in [0.717, 1.165) is 11.5 Å². The van der Waals surface area contributed by atoms with Crippen molar-refractivity contribution in [3.63, 3.8) is 0 Å². The van der Waals surface area contributed by atoms with Gasteiger partial charge in [-0.2, -0.15) is 0 Å². The van der Waals surface area contributed by atoms with Gasteiger partial charge in [-0.15, -0.1) is 0 Å². The summed E-state index contributed by atoms with van der Waals surface area (Å²) >= 11 is 0. The molecule has 0 unspecified atom stereocenters. The Hall–Kier alpha value is -4.62. The van der Waals surface area contributed by atoms with Gasteiger partial charge in [0, 0.05) is 33.4 Å². The van der Waals surface area contributed by atoms with Gasteiger partial charge >= 0.3 is 0 Å². The Bertz CT molecular complexity index is 1450. The van der Waals surface area contributed by atoms with Crippen LogP contribution in [0.2, 0.25) is 0 Å². The number of phenolic OH excluding ortho intramolecular Hbond substituents is 2. The molecule has 0 radical (unpaired) electrons. The number of hydrogen-bond acceptors (Lipinski definition) is 4. The molecule has 0 saturated heterocycles. The molecule has 0 spiro atoms. The van der Waals surface area contributed by atoms with Crippen LogP contribution in [-0.4, -0.2) is 10.2 Å². The van der Waals surface area contributed by atoms with Crippen molar-refractivity contribution in [3.8, 4) is 23.0 Å². The van der Waals surface area contributed by atoms with Gasteiger partial charge < -0.3 is 19.3 Å². The van der Waals surface area contributed by atoms with Crippen molar-refractivity contribution in [2.45, 2.75) is 0 Å². The summed E-state index contributed by atoms with van der Waals surface area (Å²) in [7, 11) is -2.00. The molecule has 4 nitrogen and oxygen atoms in total. The molecule has 6 heteroatoms. The Balaban J connectivity index is 0.000000382. The summed E-state index contributed by atoms with van der Waals surface area (Å²) < 4.78 is 13.2. The molecule has 6 aromatic carbocycles. The number of rotatable bonds is 8. The molecule has 0 bridgehead atoms. The van der Waals surface area contributed by atoms with Gasteiger partial charge in [0.15, 0.2) is 16.3 Å². The predicted molar refractivity (Wildman–Crippen MR) is 176 cm³/mol.